The van der Waals surface area contributed by atoms with Crippen LogP contribution >= 0.6 is 0 Å². The van der Waals surface area contributed by atoms with Crippen LogP contribution in [0.2, 0.25) is 0 Å². The molecule has 1 N–H and O–H groups in total. The molecule has 2 aromatic heterocycles. The molecule has 0 fully saturated rings. The summed E-state index contributed by atoms with van der Waals surface area (Å²) < 4.78 is 2.15. The molecule has 0 saturated carbocycles. The fourth-order valence-corrected chi connectivity index (χ4v) is 2.70. The Kier molecular flexibility index (Phi) is 2.40. The number of carbonyl (C=O) groups is 1. The van der Waals surface area contributed by atoms with Gasteiger partial charge in [0.2, 0.25) is 0 Å². The molecular formula is C14H17N3O. The lowest BCUT2D eigenvalue weighted by molar-refractivity contribution is 0.0910. The zero-order valence-electron chi connectivity index (χ0n) is 10.7. The summed E-state index contributed by atoms with van der Waals surface area (Å²) in [5, 5.41) is 0. The van der Waals surface area contributed by atoms with E-state index in [2.05, 4.69) is 28.4 Å². The van der Waals surface area contributed by atoms with Crippen LogP contribution in [-0.4, -0.2) is 20.3 Å². The number of nitrogens with one attached hydrogen (secondary N) is 1. The molecule has 3 rings (SSSR count). The van der Waals surface area contributed by atoms with Crippen molar-refractivity contribution in [3.63, 3.8) is 0 Å². The first kappa shape index (κ1) is 11.3. The van der Waals surface area contributed by atoms with Crippen LogP contribution in [0.4, 0.5) is 0 Å². The van der Waals surface area contributed by atoms with Gasteiger partial charge in [0.05, 0.1) is 18.6 Å². The fraction of sp³-hybridized carbons (Fsp3) is 0.429. The Labute approximate surface area is 106 Å². The molecule has 0 aliphatic heterocycles. The van der Waals surface area contributed by atoms with Crippen LogP contribution in [0.5, 0.6) is 0 Å². The number of nitrogens with zero attached hydrogens (tertiary/aromatic N) is 2. The van der Waals surface area contributed by atoms with Crippen molar-refractivity contribution < 1.29 is 4.79 Å². The molecule has 0 radical (unpaired) electrons. The van der Waals surface area contributed by atoms with Crippen molar-refractivity contribution in [1.82, 2.24) is 14.5 Å². The topological polar surface area (TPSA) is 50.7 Å². The van der Waals surface area contributed by atoms with E-state index >= 15 is 0 Å². The van der Waals surface area contributed by atoms with Crippen molar-refractivity contribution in [1.29, 1.82) is 0 Å². The molecule has 2 aromatic rings. The summed E-state index contributed by atoms with van der Waals surface area (Å²) in [6.45, 7) is 5.06. The number of Topliss-reactive ketones (excluding diaryl/α,β-unsaturated/α-hetero) is 1. The van der Waals surface area contributed by atoms with Crippen molar-refractivity contribution in [2.24, 2.45) is 5.41 Å². The minimum absolute atomic E-state index is 0.0637. The molecule has 1 aliphatic carbocycles. The van der Waals surface area contributed by atoms with Gasteiger partial charge in [-0.3, -0.25) is 4.79 Å². The summed E-state index contributed by atoms with van der Waals surface area (Å²) >= 11 is 0. The summed E-state index contributed by atoms with van der Waals surface area (Å²) in [4.78, 5) is 19.2. The van der Waals surface area contributed by atoms with Crippen molar-refractivity contribution in [2.45, 2.75) is 33.2 Å². The van der Waals surface area contributed by atoms with Crippen LogP contribution in [0.1, 0.15) is 42.0 Å². The van der Waals surface area contributed by atoms with Gasteiger partial charge < -0.3 is 9.55 Å². The minimum Gasteiger partial charge on any atom is -0.347 e. The summed E-state index contributed by atoms with van der Waals surface area (Å²) in [6, 6.07) is 1.95. The SMILES string of the molecule is CC1(C)CC(=O)c2ccn(Cc3cnc[nH]3)c2C1. The van der Waals surface area contributed by atoms with Gasteiger partial charge in [-0.25, -0.2) is 4.98 Å². The molecular weight excluding hydrogens is 226 g/mol. The van der Waals surface area contributed by atoms with Crippen LogP contribution in [-0.2, 0) is 13.0 Å². The number of hydrogen-bond acceptors (Lipinski definition) is 2. The number of ketones is 1. The van der Waals surface area contributed by atoms with Gasteiger partial charge in [-0.1, -0.05) is 13.8 Å². The summed E-state index contributed by atoms with van der Waals surface area (Å²) in [7, 11) is 0. The molecule has 0 atom stereocenters. The summed E-state index contributed by atoms with van der Waals surface area (Å²) in [5.74, 6) is 0.268. The van der Waals surface area contributed by atoms with E-state index < -0.39 is 0 Å². The smallest absolute Gasteiger partial charge is 0.165 e. The molecule has 0 amide bonds. The van der Waals surface area contributed by atoms with Crippen LogP contribution < -0.4 is 0 Å². The highest BCUT2D eigenvalue weighted by atomic mass is 16.1. The van der Waals surface area contributed by atoms with E-state index in [-0.39, 0.29) is 11.2 Å². The Bertz CT molecular complexity index is 578. The zero-order valence-corrected chi connectivity index (χ0v) is 10.7. The van der Waals surface area contributed by atoms with E-state index in [0.29, 0.717) is 6.42 Å². The third-order valence-electron chi connectivity index (χ3n) is 3.56. The molecule has 2 heterocycles. The van der Waals surface area contributed by atoms with Gasteiger partial charge in [0.15, 0.2) is 5.78 Å². The molecule has 0 spiro atoms. The van der Waals surface area contributed by atoms with E-state index in [0.717, 1.165) is 29.9 Å². The molecule has 4 heteroatoms. The highest BCUT2D eigenvalue weighted by molar-refractivity contribution is 5.98. The van der Waals surface area contributed by atoms with Gasteiger partial charge in [0, 0.05) is 30.1 Å². The number of aromatic amines is 1. The lowest BCUT2D eigenvalue weighted by atomic mass is 9.76. The molecule has 18 heavy (non-hydrogen) atoms. The number of imidazole rings is 1. The Balaban J connectivity index is 1.97. The third-order valence-corrected chi connectivity index (χ3v) is 3.56. The molecule has 0 saturated heterocycles. The maximum Gasteiger partial charge on any atom is 0.165 e. The number of fused-ring (bicyclic) bond motifs is 1. The Morgan fingerprint density at radius 2 is 2.28 bits per heavy atom. The largest absolute Gasteiger partial charge is 0.347 e. The molecule has 0 unspecified atom stereocenters. The normalized spacial score (nSPS) is 17.8. The first-order valence-corrected chi connectivity index (χ1v) is 6.24. The first-order valence-electron chi connectivity index (χ1n) is 6.24. The number of hydrogen-bond donors (Lipinski definition) is 1. The van der Waals surface area contributed by atoms with Gasteiger partial charge in [-0.2, -0.15) is 0 Å². The zero-order chi connectivity index (χ0) is 12.8. The van der Waals surface area contributed by atoms with Gasteiger partial charge in [0.1, 0.15) is 0 Å². The second kappa shape index (κ2) is 3.83. The maximum absolute atomic E-state index is 12.1. The van der Waals surface area contributed by atoms with Crippen LogP contribution in [0.15, 0.2) is 24.8 Å². The molecule has 94 valence electrons. The molecule has 0 aromatic carbocycles. The average Bonchev–Trinajstić information content (AvgIpc) is 2.88. The number of rotatable bonds is 2. The molecule has 1 aliphatic rings. The van der Waals surface area contributed by atoms with Gasteiger partial charge in [-0.05, 0) is 17.9 Å². The van der Waals surface area contributed by atoms with Crippen LogP contribution in [0.25, 0.3) is 0 Å². The van der Waals surface area contributed by atoms with E-state index in [1.807, 2.05) is 18.5 Å². The van der Waals surface area contributed by atoms with E-state index in [1.165, 1.54) is 0 Å². The first-order chi connectivity index (χ1) is 8.55. The van der Waals surface area contributed by atoms with Crippen LogP contribution in [0.3, 0.4) is 0 Å². The standard InChI is InChI=1S/C14H17N3O/c1-14(2)5-12-11(13(18)6-14)3-4-17(12)8-10-7-15-9-16-10/h3-4,7,9H,5-6,8H2,1-2H3,(H,15,16). The van der Waals surface area contributed by atoms with Crippen LogP contribution in [0, 0.1) is 5.41 Å². The predicted molar refractivity (Wildman–Crippen MR) is 68.6 cm³/mol. The highest BCUT2D eigenvalue weighted by Crippen LogP contribution is 2.35. The van der Waals surface area contributed by atoms with E-state index in [1.54, 1.807) is 6.33 Å². The monoisotopic (exact) mass is 243 g/mol. The number of carbonyl (C=O) groups excluding carboxylic acids is 1. The third kappa shape index (κ3) is 1.88. The quantitative estimate of drug-likeness (QED) is 0.880. The van der Waals surface area contributed by atoms with Gasteiger partial charge in [-0.15, -0.1) is 0 Å². The average molecular weight is 243 g/mol. The highest BCUT2D eigenvalue weighted by Gasteiger charge is 2.32. The summed E-state index contributed by atoms with van der Waals surface area (Å²) in [6.07, 6.45) is 7.11. The van der Waals surface area contributed by atoms with Crippen molar-refractivity contribution in [2.75, 3.05) is 0 Å². The van der Waals surface area contributed by atoms with Gasteiger partial charge >= 0.3 is 0 Å². The van der Waals surface area contributed by atoms with Crippen molar-refractivity contribution >= 4 is 5.78 Å². The fourth-order valence-electron chi connectivity index (χ4n) is 2.70. The lowest BCUT2D eigenvalue weighted by Crippen LogP contribution is -2.28. The number of H-pyrrole nitrogens is 1. The second-order valence-electron chi connectivity index (χ2n) is 5.82. The van der Waals surface area contributed by atoms with Gasteiger partial charge in [0.25, 0.3) is 0 Å². The van der Waals surface area contributed by atoms with E-state index in [4.69, 9.17) is 0 Å². The minimum atomic E-state index is 0.0637. The molecule has 4 nitrogen and oxygen atoms in total. The number of aromatic nitrogens is 3. The Morgan fingerprint density at radius 1 is 1.44 bits per heavy atom. The maximum atomic E-state index is 12.1. The predicted octanol–water partition coefficient (Wildman–Crippen LogP) is 2.41. The van der Waals surface area contributed by atoms with E-state index in [9.17, 15) is 4.79 Å². The Hall–Kier alpha value is -1.84. The second-order valence-corrected chi connectivity index (χ2v) is 5.82. The van der Waals surface area contributed by atoms with Crippen molar-refractivity contribution in [3.8, 4) is 0 Å². The van der Waals surface area contributed by atoms with Crippen molar-refractivity contribution in [3.05, 3.63) is 41.7 Å². The lowest BCUT2D eigenvalue weighted by Gasteiger charge is -2.29. The molecule has 0 bridgehead atoms. The summed E-state index contributed by atoms with van der Waals surface area (Å²) in [5.41, 5.74) is 3.18. The Morgan fingerprint density at radius 3 is 3.00 bits per heavy atom.